The maximum atomic E-state index is 12.4. The van der Waals surface area contributed by atoms with Crippen molar-refractivity contribution in [3.05, 3.63) is 48.0 Å². The normalized spacial score (nSPS) is 12.5. The minimum Gasteiger partial charge on any atom is -0.497 e. The largest absolute Gasteiger partial charge is 0.497 e. The second kappa shape index (κ2) is 9.73. The van der Waals surface area contributed by atoms with Crippen molar-refractivity contribution in [2.75, 3.05) is 40.2 Å². The number of carbonyl (C=O) groups excluding carboxylic acids is 1. The molecule has 29 heavy (non-hydrogen) atoms. The monoisotopic (exact) mass is 422 g/mol. The fourth-order valence-corrected chi connectivity index (χ4v) is 3.71. The highest BCUT2D eigenvalue weighted by molar-refractivity contribution is 7.89. The van der Waals surface area contributed by atoms with Crippen LogP contribution in [0.4, 0.5) is 5.69 Å². The zero-order chi connectivity index (χ0) is 21.6. The van der Waals surface area contributed by atoms with Gasteiger partial charge >= 0.3 is 0 Å². The first-order valence-corrected chi connectivity index (χ1v) is 10.5. The number of benzene rings is 2. The smallest absolute Gasteiger partial charge is 0.279 e. The number of nitrogens with two attached hydrogens (primary N) is 1. The quantitative estimate of drug-likeness (QED) is 0.633. The van der Waals surface area contributed by atoms with Gasteiger partial charge in [-0.15, -0.1) is 0 Å². The van der Waals surface area contributed by atoms with Crippen LogP contribution < -0.4 is 20.1 Å². The molecule has 0 aromatic heterocycles. The fraction of sp³-hybridized carbons (Fsp3) is 0.350. The van der Waals surface area contributed by atoms with E-state index in [0.717, 1.165) is 15.6 Å². The van der Waals surface area contributed by atoms with Gasteiger partial charge in [-0.3, -0.25) is 4.79 Å². The minimum absolute atomic E-state index is 0.0498. The fourth-order valence-electron chi connectivity index (χ4n) is 2.76. The maximum absolute atomic E-state index is 12.4. The Morgan fingerprint density at radius 2 is 1.86 bits per heavy atom. The van der Waals surface area contributed by atoms with Crippen molar-refractivity contribution < 1.29 is 28.0 Å². The summed E-state index contributed by atoms with van der Waals surface area (Å²) in [6, 6.07) is 11.7. The number of quaternary nitrogens is 1. The highest BCUT2D eigenvalue weighted by atomic mass is 32.2. The van der Waals surface area contributed by atoms with Gasteiger partial charge in [0.05, 0.1) is 24.7 Å². The number of nitrogens with zero attached hydrogens (tertiary/aromatic N) is 1. The molecule has 0 spiro atoms. The number of hydrogen-bond donors (Lipinski definition) is 2. The molecule has 1 amide bonds. The summed E-state index contributed by atoms with van der Waals surface area (Å²) in [4.78, 5) is 12.5. The third kappa shape index (κ3) is 5.69. The summed E-state index contributed by atoms with van der Waals surface area (Å²) in [6.07, 6.45) is 0. The summed E-state index contributed by atoms with van der Waals surface area (Å²) in [5.74, 6) is 1.19. The molecule has 0 aliphatic rings. The van der Waals surface area contributed by atoms with E-state index in [1.54, 1.807) is 26.4 Å². The highest BCUT2D eigenvalue weighted by Gasteiger charge is 2.19. The lowest BCUT2D eigenvalue weighted by molar-refractivity contribution is -0.682. The van der Waals surface area contributed by atoms with Crippen molar-refractivity contribution >= 4 is 21.6 Å². The van der Waals surface area contributed by atoms with Crippen LogP contribution in [0.5, 0.6) is 11.5 Å². The molecule has 0 saturated heterocycles. The third-order valence-electron chi connectivity index (χ3n) is 4.48. The van der Waals surface area contributed by atoms with Crippen molar-refractivity contribution in [1.82, 2.24) is 4.31 Å². The number of rotatable bonds is 9. The van der Waals surface area contributed by atoms with Gasteiger partial charge in [-0.05, 0) is 43.3 Å². The van der Waals surface area contributed by atoms with Gasteiger partial charge in [0.2, 0.25) is 10.0 Å². The average Bonchev–Trinajstić information content (AvgIpc) is 2.71. The Hall–Kier alpha value is -2.62. The van der Waals surface area contributed by atoms with Gasteiger partial charge in [0.25, 0.3) is 5.91 Å². The molecular weight excluding hydrogens is 394 g/mol. The second-order valence-corrected chi connectivity index (χ2v) is 8.85. The Bertz CT molecular complexity index is 960. The Morgan fingerprint density at radius 3 is 2.48 bits per heavy atom. The van der Waals surface area contributed by atoms with Gasteiger partial charge in [0.15, 0.2) is 6.54 Å². The molecule has 0 radical (unpaired) electrons. The Morgan fingerprint density at radius 1 is 1.14 bits per heavy atom. The molecule has 0 bridgehead atoms. The SMILES string of the molecule is COc1ccc(OC)c([C@@H](C)[NH2+]CC(=O)Nc2cccc(S(=O)(=O)N(C)C)c2)c1. The van der Waals surface area contributed by atoms with E-state index in [0.29, 0.717) is 11.4 Å². The predicted molar refractivity (Wildman–Crippen MR) is 111 cm³/mol. The first kappa shape index (κ1) is 22.7. The zero-order valence-corrected chi connectivity index (χ0v) is 18.1. The maximum Gasteiger partial charge on any atom is 0.279 e. The topological polar surface area (TPSA) is 102 Å². The van der Waals surface area contributed by atoms with Crippen molar-refractivity contribution in [2.24, 2.45) is 0 Å². The molecule has 1 atom stereocenters. The van der Waals surface area contributed by atoms with E-state index in [4.69, 9.17) is 9.47 Å². The van der Waals surface area contributed by atoms with Gasteiger partial charge in [0, 0.05) is 19.8 Å². The Kier molecular flexibility index (Phi) is 7.60. The molecule has 8 nitrogen and oxygen atoms in total. The van der Waals surface area contributed by atoms with E-state index in [1.807, 2.05) is 30.4 Å². The minimum atomic E-state index is -3.56. The first-order valence-electron chi connectivity index (χ1n) is 9.06. The molecule has 2 rings (SSSR count). The summed E-state index contributed by atoms with van der Waals surface area (Å²) >= 11 is 0. The lowest BCUT2D eigenvalue weighted by Gasteiger charge is -2.16. The molecule has 9 heteroatoms. The molecule has 158 valence electrons. The molecule has 2 aromatic rings. The zero-order valence-electron chi connectivity index (χ0n) is 17.3. The Labute approximate surface area is 171 Å². The molecule has 0 saturated carbocycles. The number of carbonyl (C=O) groups is 1. The Balaban J connectivity index is 2.04. The molecular formula is C20H28N3O5S+. The van der Waals surface area contributed by atoms with E-state index in [2.05, 4.69) is 5.32 Å². The molecule has 0 fully saturated rings. The van der Waals surface area contributed by atoms with Gasteiger partial charge < -0.3 is 20.1 Å². The number of nitrogens with one attached hydrogen (secondary N) is 1. The van der Waals surface area contributed by atoms with Gasteiger partial charge in [-0.1, -0.05) is 6.07 Å². The van der Waals surface area contributed by atoms with Crippen molar-refractivity contribution in [3.8, 4) is 11.5 Å². The average molecular weight is 423 g/mol. The molecule has 2 aromatic carbocycles. The lowest BCUT2D eigenvalue weighted by atomic mass is 10.1. The molecule has 0 aliphatic carbocycles. The van der Waals surface area contributed by atoms with Gasteiger partial charge in [-0.25, -0.2) is 12.7 Å². The number of methoxy groups -OCH3 is 2. The number of anilines is 1. The lowest BCUT2D eigenvalue weighted by Crippen LogP contribution is -2.86. The van der Waals surface area contributed by atoms with E-state index in [1.165, 1.54) is 26.2 Å². The molecule has 0 unspecified atom stereocenters. The third-order valence-corrected chi connectivity index (χ3v) is 6.29. The van der Waals surface area contributed by atoms with Crippen molar-refractivity contribution in [3.63, 3.8) is 0 Å². The van der Waals surface area contributed by atoms with Gasteiger partial charge in [-0.2, -0.15) is 0 Å². The van der Waals surface area contributed by atoms with E-state index >= 15 is 0 Å². The molecule has 0 heterocycles. The number of sulfonamides is 1. The highest BCUT2D eigenvalue weighted by Crippen LogP contribution is 2.27. The molecule has 0 aliphatic heterocycles. The van der Waals surface area contributed by atoms with Crippen LogP contribution in [0.2, 0.25) is 0 Å². The van der Waals surface area contributed by atoms with Crippen LogP contribution in [0.3, 0.4) is 0 Å². The number of amides is 1. The van der Waals surface area contributed by atoms with Crippen LogP contribution in [-0.4, -0.2) is 53.5 Å². The van der Waals surface area contributed by atoms with Gasteiger partial charge in [0.1, 0.15) is 17.5 Å². The van der Waals surface area contributed by atoms with Crippen LogP contribution in [0.1, 0.15) is 18.5 Å². The van der Waals surface area contributed by atoms with Crippen LogP contribution in [-0.2, 0) is 14.8 Å². The summed E-state index contributed by atoms with van der Waals surface area (Å²) in [5.41, 5.74) is 1.34. The summed E-state index contributed by atoms with van der Waals surface area (Å²) in [6.45, 7) is 2.13. The summed E-state index contributed by atoms with van der Waals surface area (Å²) < 4.78 is 36.3. The van der Waals surface area contributed by atoms with Crippen molar-refractivity contribution in [2.45, 2.75) is 17.9 Å². The van der Waals surface area contributed by atoms with Crippen LogP contribution in [0.15, 0.2) is 47.4 Å². The van der Waals surface area contributed by atoms with E-state index in [9.17, 15) is 13.2 Å². The predicted octanol–water partition coefficient (Wildman–Crippen LogP) is 1.22. The van der Waals surface area contributed by atoms with Crippen molar-refractivity contribution in [1.29, 1.82) is 0 Å². The second-order valence-electron chi connectivity index (χ2n) is 6.70. The summed E-state index contributed by atoms with van der Waals surface area (Å²) in [7, 11) is 2.55. The number of hydrogen-bond acceptors (Lipinski definition) is 5. The van der Waals surface area contributed by atoms with E-state index < -0.39 is 10.0 Å². The standard InChI is InChI=1S/C20H27N3O5S/c1-14(18-12-16(27-4)9-10-19(18)28-5)21-13-20(24)22-15-7-6-8-17(11-15)29(25,26)23(2)3/h6-12,14,21H,13H2,1-5H3,(H,22,24)/p+1/t14-/m1/s1. The first-order chi connectivity index (χ1) is 13.7. The van der Waals surface area contributed by atoms with Crippen LogP contribution >= 0.6 is 0 Å². The van der Waals surface area contributed by atoms with E-state index in [-0.39, 0.29) is 23.4 Å². The van der Waals surface area contributed by atoms with Crippen LogP contribution in [0.25, 0.3) is 0 Å². The molecule has 3 N–H and O–H groups in total. The number of ether oxygens (including phenoxy) is 2. The van der Waals surface area contributed by atoms with Crippen LogP contribution in [0, 0.1) is 0 Å². The summed E-state index contributed by atoms with van der Waals surface area (Å²) in [5, 5.41) is 4.61.